The van der Waals surface area contributed by atoms with Gasteiger partial charge < -0.3 is 0 Å². The summed E-state index contributed by atoms with van der Waals surface area (Å²) in [6.45, 7) is 1.80. The standard InChI is InChI=1S/C5H5N2OS/c1-4-6-5(2-3-8)9-7-4/h2H2,1H3. The summed E-state index contributed by atoms with van der Waals surface area (Å²) in [5.74, 6) is 0.727. The van der Waals surface area contributed by atoms with E-state index in [0.717, 1.165) is 10.8 Å². The van der Waals surface area contributed by atoms with Crippen LogP contribution in [-0.4, -0.2) is 15.6 Å². The lowest BCUT2D eigenvalue weighted by atomic mass is 10.5. The molecule has 0 spiro atoms. The number of hydrogen-bond donors (Lipinski definition) is 0. The Balaban J connectivity index is 2.72. The van der Waals surface area contributed by atoms with Gasteiger partial charge in [-0.15, -0.1) is 0 Å². The molecule has 0 atom stereocenters. The van der Waals surface area contributed by atoms with Gasteiger partial charge in [0.15, 0.2) is 0 Å². The van der Waals surface area contributed by atoms with Crippen molar-refractivity contribution in [1.82, 2.24) is 9.36 Å². The fourth-order valence-corrected chi connectivity index (χ4v) is 1.05. The van der Waals surface area contributed by atoms with Crippen LogP contribution in [0.3, 0.4) is 0 Å². The van der Waals surface area contributed by atoms with Crippen LogP contribution in [-0.2, 0) is 11.2 Å². The van der Waals surface area contributed by atoms with Crippen molar-refractivity contribution >= 4 is 17.8 Å². The van der Waals surface area contributed by atoms with Crippen molar-refractivity contribution in [2.45, 2.75) is 13.3 Å². The monoisotopic (exact) mass is 141 g/mol. The zero-order valence-electron chi connectivity index (χ0n) is 4.92. The first kappa shape index (κ1) is 6.35. The van der Waals surface area contributed by atoms with E-state index in [-0.39, 0.29) is 6.42 Å². The number of hydrogen-bond acceptors (Lipinski definition) is 4. The van der Waals surface area contributed by atoms with Gasteiger partial charge in [-0.3, -0.25) is 4.79 Å². The molecule has 0 amide bonds. The predicted molar refractivity (Wildman–Crippen MR) is 34.0 cm³/mol. The normalized spacial score (nSPS) is 9.44. The summed E-state index contributed by atoms with van der Waals surface area (Å²) >= 11 is 1.25. The van der Waals surface area contributed by atoms with Crippen molar-refractivity contribution in [2.24, 2.45) is 0 Å². The molecular formula is C5H5N2OS. The molecule has 0 N–H and O–H groups in total. The van der Waals surface area contributed by atoms with E-state index in [2.05, 4.69) is 9.36 Å². The van der Waals surface area contributed by atoms with Gasteiger partial charge in [0, 0.05) is 0 Å². The van der Waals surface area contributed by atoms with Crippen LogP contribution < -0.4 is 0 Å². The maximum atomic E-state index is 9.80. The van der Waals surface area contributed by atoms with Crippen LogP contribution in [0.15, 0.2) is 0 Å². The van der Waals surface area contributed by atoms with Crippen molar-refractivity contribution in [2.75, 3.05) is 0 Å². The average molecular weight is 141 g/mol. The van der Waals surface area contributed by atoms with Crippen molar-refractivity contribution in [1.29, 1.82) is 0 Å². The molecule has 1 heterocycles. The molecule has 3 nitrogen and oxygen atoms in total. The van der Waals surface area contributed by atoms with Crippen molar-refractivity contribution in [3.8, 4) is 0 Å². The predicted octanol–water partition coefficient (Wildman–Crippen LogP) is 0.499. The molecule has 0 bridgehead atoms. The number of carbonyl (C=O) groups excluding carboxylic acids is 1. The molecule has 0 fully saturated rings. The molecule has 1 rings (SSSR count). The minimum atomic E-state index is 0.269. The van der Waals surface area contributed by atoms with Gasteiger partial charge in [0.25, 0.3) is 0 Å². The third kappa shape index (κ3) is 1.57. The smallest absolute Gasteiger partial charge is 0.205 e. The van der Waals surface area contributed by atoms with E-state index in [0.29, 0.717) is 0 Å². The molecule has 0 aromatic carbocycles. The summed E-state index contributed by atoms with van der Waals surface area (Å²) < 4.78 is 3.89. The Morgan fingerprint density at radius 2 is 2.56 bits per heavy atom. The lowest BCUT2D eigenvalue weighted by Gasteiger charge is -1.75. The molecule has 1 radical (unpaired) electrons. The van der Waals surface area contributed by atoms with Gasteiger partial charge in [-0.1, -0.05) is 0 Å². The summed E-state index contributed by atoms with van der Waals surface area (Å²) in [5.41, 5.74) is 0. The van der Waals surface area contributed by atoms with E-state index in [1.54, 1.807) is 13.2 Å². The SMILES string of the molecule is Cc1nsc(C[C]=O)n1. The fourth-order valence-electron chi connectivity index (χ4n) is 0.474. The summed E-state index contributed by atoms with van der Waals surface area (Å²) in [5, 5.41) is 0.738. The molecule has 1 aromatic rings. The lowest BCUT2D eigenvalue weighted by Crippen LogP contribution is -1.82. The topological polar surface area (TPSA) is 42.9 Å². The van der Waals surface area contributed by atoms with Crippen LogP contribution in [0.5, 0.6) is 0 Å². The van der Waals surface area contributed by atoms with Crippen LogP contribution in [0, 0.1) is 6.92 Å². The van der Waals surface area contributed by atoms with E-state index in [9.17, 15) is 4.79 Å². The largest absolute Gasteiger partial charge is 0.290 e. The first-order chi connectivity index (χ1) is 4.33. The first-order valence-electron chi connectivity index (χ1n) is 2.47. The highest BCUT2D eigenvalue weighted by molar-refractivity contribution is 7.05. The summed E-state index contributed by atoms with van der Waals surface area (Å²) in [6.07, 6.45) is 2.02. The Hall–Kier alpha value is -0.770. The number of rotatable bonds is 2. The highest BCUT2D eigenvalue weighted by Gasteiger charge is 1.97. The van der Waals surface area contributed by atoms with E-state index in [1.165, 1.54) is 11.5 Å². The van der Waals surface area contributed by atoms with Crippen LogP contribution in [0.25, 0.3) is 0 Å². The molecule has 4 heteroatoms. The molecule has 0 aliphatic heterocycles. The summed E-state index contributed by atoms with van der Waals surface area (Å²) in [4.78, 5) is 13.7. The van der Waals surface area contributed by atoms with Gasteiger partial charge in [0.05, 0.1) is 6.42 Å². The first-order valence-corrected chi connectivity index (χ1v) is 3.24. The zero-order chi connectivity index (χ0) is 6.69. The van der Waals surface area contributed by atoms with Gasteiger partial charge >= 0.3 is 0 Å². The summed E-state index contributed by atoms with van der Waals surface area (Å²) in [6, 6.07) is 0. The lowest BCUT2D eigenvalue weighted by molar-refractivity contribution is 0.555. The van der Waals surface area contributed by atoms with Crippen molar-refractivity contribution in [3.63, 3.8) is 0 Å². The molecular weight excluding hydrogens is 136 g/mol. The van der Waals surface area contributed by atoms with Gasteiger partial charge in [-0.05, 0) is 18.5 Å². The molecule has 0 saturated carbocycles. The fraction of sp³-hybridized carbons (Fsp3) is 0.400. The number of aromatic nitrogens is 2. The minimum Gasteiger partial charge on any atom is -0.290 e. The average Bonchev–Trinajstić information content (AvgIpc) is 2.17. The Bertz CT molecular complexity index is 208. The number of nitrogens with zero attached hydrogens (tertiary/aromatic N) is 2. The van der Waals surface area contributed by atoms with Gasteiger partial charge in [0.1, 0.15) is 10.8 Å². The maximum Gasteiger partial charge on any atom is 0.205 e. The molecule has 47 valence electrons. The third-order valence-corrected chi connectivity index (χ3v) is 1.59. The molecule has 0 unspecified atom stereocenters. The van der Waals surface area contributed by atoms with Crippen LogP contribution in [0.1, 0.15) is 10.8 Å². The Labute approximate surface area is 56.9 Å². The maximum absolute atomic E-state index is 9.80. The summed E-state index contributed by atoms with van der Waals surface area (Å²) in [7, 11) is 0. The second kappa shape index (κ2) is 2.68. The molecule has 9 heavy (non-hydrogen) atoms. The van der Waals surface area contributed by atoms with Gasteiger partial charge in [-0.2, -0.15) is 4.37 Å². The number of aryl methyl sites for hydroxylation is 1. The van der Waals surface area contributed by atoms with Gasteiger partial charge in [-0.25, -0.2) is 4.98 Å². The highest BCUT2D eigenvalue weighted by atomic mass is 32.1. The highest BCUT2D eigenvalue weighted by Crippen LogP contribution is 2.01. The van der Waals surface area contributed by atoms with Crippen LogP contribution in [0.4, 0.5) is 0 Å². The molecule has 1 aromatic heterocycles. The second-order valence-electron chi connectivity index (χ2n) is 1.56. The second-order valence-corrected chi connectivity index (χ2v) is 2.39. The third-order valence-electron chi connectivity index (χ3n) is 0.793. The van der Waals surface area contributed by atoms with E-state index in [4.69, 9.17) is 0 Å². The van der Waals surface area contributed by atoms with E-state index in [1.807, 2.05) is 0 Å². The Morgan fingerprint density at radius 1 is 1.78 bits per heavy atom. The van der Waals surface area contributed by atoms with Gasteiger partial charge in [0.2, 0.25) is 6.29 Å². The minimum absolute atomic E-state index is 0.269. The Morgan fingerprint density at radius 3 is 3.00 bits per heavy atom. The molecule has 0 saturated heterocycles. The quantitative estimate of drug-likeness (QED) is 0.602. The van der Waals surface area contributed by atoms with Crippen LogP contribution >= 0.6 is 11.5 Å². The van der Waals surface area contributed by atoms with Crippen molar-refractivity contribution < 1.29 is 4.79 Å². The van der Waals surface area contributed by atoms with E-state index >= 15 is 0 Å². The molecule has 0 aliphatic carbocycles. The molecule has 0 aliphatic rings. The zero-order valence-corrected chi connectivity index (χ0v) is 5.73. The Kier molecular flexibility index (Phi) is 1.89. The van der Waals surface area contributed by atoms with E-state index < -0.39 is 0 Å². The van der Waals surface area contributed by atoms with Crippen LogP contribution in [0.2, 0.25) is 0 Å². The van der Waals surface area contributed by atoms with Crippen molar-refractivity contribution in [3.05, 3.63) is 10.8 Å².